The van der Waals surface area contributed by atoms with Crippen LogP contribution in [0.3, 0.4) is 0 Å². The van der Waals surface area contributed by atoms with E-state index in [1.54, 1.807) is 23.5 Å². The third-order valence-electron chi connectivity index (χ3n) is 6.48. The summed E-state index contributed by atoms with van der Waals surface area (Å²) in [4.78, 5) is 19.2. The Bertz CT molecular complexity index is 858. The van der Waals surface area contributed by atoms with Crippen molar-refractivity contribution >= 4 is 16.1 Å². The number of hydrogen-bond acceptors (Lipinski definition) is 7. The summed E-state index contributed by atoms with van der Waals surface area (Å²) in [6.45, 7) is 1.51. The second kappa shape index (κ2) is 8.34. The molecule has 1 aromatic heterocycles. The van der Waals surface area contributed by atoms with E-state index in [0.717, 1.165) is 37.7 Å². The van der Waals surface area contributed by atoms with Gasteiger partial charge in [-0.1, -0.05) is 31.7 Å². The first-order valence-electron chi connectivity index (χ1n) is 10.5. The van der Waals surface area contributed by atoms with E-state index in [1.165, 1.54) is 25.7 Å². The van der Waals surface area contributed by atoms with Gasteiger partial charge >= 0.3 is 16.1 Å². The zero-order valence-electron chi connectivity index (χ0n) is 16.8. The van der Waals surface area contributed by atoms with Crippen LogP contribution in [0, 0.1) is 11.8 Å². The molecule has 4 unspecified atom stereocenters. The molecule has 158 valence electrons. The number of nitrogens with zero attached hydrogens (tertiary/aromatic N) is 3. The lowest BCUT2D eigenvalue weighted by Gasteiger charge is -2.44. The van der Waals surface area contributed by atoms with Crippen LogP contribution in [0.2, 0.25) is 0 Å². The van der Waals surface area contributed by atoms with E-state index < -0.39 is 21.6 Å². The first-order chi connectivity index (χ1) is 13.9. The van der Waals surface area contributed by atoms with Crippen LogP contribution in [0.15, 0.2) is 36.9 Å². The van der Waals surface area contributed by atoms with Crippen molar-refractivity contribution in [2.75, 3.05) is 0 Å². The van der Waals surface area contributed by atoms with Gasteiger partial charge in [0.1, 0.15) is 0 Å². The second-order valence-corrected chi connectivity index (χ2v) is 10.0. The number of rotatable bonds is 5. The van der Waals surface area contributed by atoms with Crippen LogP contribution in [-0.4, -0.2) is 40.7 Å². The van der Waals surface area contributed by atoms with Crippen LogP contribution in [0.5, 0.6) is 0 Å². The molecule has 4 atom stereocenters. The third kappa shape index (κ3) is 4.42. The lowest BCUT2D eigenvalue weighted by molar-refractivity contribution is -0.131. The Morgan fingerprint density at radius 1 is 1.17 bits per heavy atom. The highest BCUT2D eigenvalue weighted by atomic mass is 32.2. The summed E-state index contributed by atoms with van der Waals surface area (Å²) in [5.41, 5.74) is -0.130. The molecule has 29 heavy (non-hydrogen) atoms. The minimum Gasteiger partial charge on any atom is -0.343 e. The molecule has 2 heterocycles. The minimum atomic E-state index is -4.14. The maximum absolute atomic E-state index is 13.0. The van der Waals surface area contributed by atoms with Crippen LogP contribution >= 0.6 is 0 Å². The summed E-state index contributed by atoms with van der Waals surface area (Å²) in [5, 5.41) is 0. The normalized spacial score (nSPS) is 29.6. The van der Waals surface area contributed by atoms with Crippen LogP contribution in [-0.2, 0) is 25.6 Å². The molecule has 3 aliphatic rings. The molecule has 0 bridgehead atoms. The Hall–Kier alpha value is -2.09. The minimum absolute atomic E-state index is 0.139. The summed E-state index contributed by atoms with van der Waals surface area (Å²) < 4.78 is 30.8. The average Bonchev–Trinajstić information content (AvgIpc) is 3.12. The number of carbonyl (C=O) groups is 1. The van der Waals surface area contributed by atoms with Crippen molar-refractivity contribution < 1.29 is 17.4 Å². The van der Waals surface area contributed by atoms with Gasteiger partial charge in [0.25, 0.3) is 0 Å². The lowest BCUT2D eigenvalue weighted by Crippen LogP contribution is -2.51. The van der Waals surface area contributed by atoms with E-state index in [4.69, 9.17) is 4.18 Å². The second-order valence-electron chi connectivity index (χ2n) is 8.44. The van der Waals surface area contributed by atoms with Crippen molar-refractivity contribution in [2.24, 2.45) is 11.8 Å². The van der Waals surface area contributed by atoms with Gasteiger partial charge < -0.3 is 14.0 Å². The van der Waals surface area contributed by atoms with Crippen molar-refractivity contribution in [1.29, 1.82) is 0 Å². The summed E-state index contributed by atoms with van der Waals surface area (Å²) in [6.07, 6.45) is 15.3. The van der Waals surface area contributed by atoms with Crippen molar-refractivity contribution in [3.8, 4) is 0 Å². The Kier molecular flexibility index (Phi) is 5.81. The Balaban J connectivity index is 1.57. The number of aromatic nitrogens is 1. The largest absolute Gasteiger partial charge is 0.353 e. The van der Waals surface area contributed by atoms with E-state index >= 15 is 0 Å². The molecule has 7 nitrogen and oxygen atoms in total. The fourth-order valence-electron chi connectivity index (χ4n) is 5.26. The van der Waals surface area contributed by atoms with E-state index in [9.17, 15) is 13.2 Å². The first-order valence-corrected chi connectivity index (χ1v) is 12.0. The van der Waals surface area contributed by atoms with Gasteiger partial charge in [-0.3, -0.25) is 9.78 Å². The zero-order chi connectivity index (χ0) is 20.4. The van der Waals surface area contributed by atoms with Gasteiger partial charge in [-0.25, -0.2) is 0 Å². The van der Waals surface area contributed by atoms with Gasteiger partial charge in [-0.2, -0.15) is 8.42 Å². The van der Waals surface area contributed by atoms with E-state index in [0.29, 0.717) is 12.5 Å². The Labute approximate surface area is 172 Å². The summed E-state index contributed by atoms with van der Waals surface area (Å²) >= 11 is 0. The van der Waals surface area contributed by atoms with E-state index in [-0.39, 0.29) is 6.04 Å². The SMILES string of the molecule is CC(=O)OS(=O)(=O)C1N(Cc2cccnc2)C=CN1C1CCC2CCCCC2C1. The molecule has 0 spiro atoms. The molecular formula is C21H29N3O4S. The molecule has 2 aliphatic carbocycles. The quantitative estimate of drug-likeness (QED) is 0.678. The van der Waals surface area contributed by atoms with Crippen LogP contribution in [0.25, 0.3) is 0 Å². The average molecular weight is 420 g/mol. The smallest absolute Gasteiger partial charge is 0.343 e. The number of fused-ring (bicyclic) bond motifs is 1. The zero-order valence-corrected chi connectivity index (χ0v) is 17.6. The van der Waals surface area contributed by atoms with Gasteiger partial charge in [0, 0.05) is 44.3 Å². The summed E-state index contributed by atoms with van der Waals surface area (Å²) in [6, 6.07) is 3.87. The molecule has 1 aliphatic heterocycles. The molecule has 4 rings (SSSR count). The molecule has 1 aromatic rings. The number of carbonyl (C=O) groups excluding carboxylic acids is 1. The fourth-order valence-corrected chi connectivity index (χ4v) is 6.69. The van der Waals surface area contributed by atoms with Gasteiger partial charge in [0.2, 0.25) is 5.50 Å². The maximum atomic E-state index is 13.0. The Morgan fingerprint density at radius 3 is 2.69 bits per heavy atom. The molecular weight excluding hydrogens is 390 g/mol. The van der Waals surface area contributed by atoms with Crippen LogP contribution in [0.1, 0.15) is 57.4 Å². The third-order valence-corrected chi connectivity index (χ3v) is 7.98. The van der Waals surface area contributed by atoms with Gasteiger partial charge in [0.15, 0.2) is 0 Å². The lowest BCUT2D eigenvalue weighted by atomic mass is 9.69. The molecule has 0 aromatic carbocycles. The fraction of sp³-hybridized carbons (Fsp3) is 0.619. The van der Waals surface area contributed by atoms with Gasteiger partial charge in [-0.15, -0.1) is 0 Å². The number of hydrogen-bond donors (Lipinski definition) is 0. The molecule has 2 saturated carbocycles. The summed E-state index contributed by atoms with van der Waals surface area (Å²) in [5.74, 6) is 0.635. The van der Waals surface area contributed by atoms with Crippen LogP contribution < -0.4 is 0 Å². The van der Waals surface area contributed by atoms with Crippen molar-refractivity contribution in [3.63, 3.8) is 0 Å². The first kappa shape index (κ1) is 20.2. The van der Waals surface area contributed by atoms with Gasteiger partial charge in [-0.05, 0) is 42.7 Å². The summed E-state index contributed by atoms with van der Waals surface area (Å²) in [7, 11) is -4.14. The monoisotopic (exact) mass is 419 g/mol. The Morgan fingerprint density at radius 2 is 1.97 bits per heavy atom. The van der Waals surface area contributed by atoms with Crippen molar-refractivity contribution in [1.82, 2.24) is 14.8 Å². The molecule has 0 amide bonds. The van der Waals surface area contributed by atoms with Gasteiger partial charge in [0.05, 0.1) is 0 Å². The molecule has 2 fully saturated rings. The van der Waals surface area contributed by atoms with E-state index in [1.807, 2.05) is 23.2 Å². The van der Waals surface area contributed by atoms with Crippen molar-refractivity contribution in [2.45, 2.75) is 70.0 Å². The highest BCUT2D eigenvalue weighted by Crippen LogP contribution is 2.43. The standard InChI is InChI=1S/C21H29N3O4S/c1-16(25)28-29(26,27)21-23(15-17-5-4-10-22-14-17)11-12-24(21)20-9-8-18-6-2-3-7-19(18)13-20/h4-5,10-12,14,18-21H,2-3,6-9,13,15H2,1H3. The maximum Gasteiger partial charge on any atom is 0.353 e. The predicted molar refractivity (Wildman–Crippen MR) is 108 cm³/mol. The topological polar surface area (TPSA) is 79.8 Å². The van der Waals surface area contributed by atoms with Crippen LogP contribution in [0.4, 0.5) is 0 Å². The highest BCUT2D eigenvalue weighted by molar-refractivity contribution is 7.87. The highest BCUT2D eigenvalue weighted by Gasteiger charge is 2.45. The molecule has 0 radical (unpaired) electrons. The predicted octanol–water partition coefficient (Wildman–Crippen LogP) is 3.21. The van der Waals surface area contributed by atoms with Crippen molar-refractivity contribution in [3.05, 3.63) is 42.5 Å². The molecule has 8 heteroatoms. The molecule has 0 saturated heterocycles. The van der Waals surface area contributed by atoms with E-state index in [2.05, 4.69) is 4.98 Å². The molecule has 0 N–H and O–H groups in total. The number of pyridine rings is 1.